The Morgan fingerprint density at radius 3 is 2.22 bits per heavy atom. The van der Waals surface area contributed by atoms with Gasteiger partial charge in [0.25, 0.3) is 5.91 Å². The zero-order chi connectivity index (χ0) is 19.6. The van der Waals surface area contributed by atoms with Crippen molar-refractivity contribution < 1.29 is 28.5 Å². The van der Waals surface area contributed by atoms with Gasteiger partial charge in [-0.2, -0.15) is 0 Å². The summed E-state index contributed by atoms with van der Waals surface area (Å²) in [4.78, 5) is 24.1. The van der Waals surface area contributed by atoms with Crippen molar-refractivity contribution in [2.75, 3.05) is 25.6 Å². The van der Waals surface area contributed by atoms with Gasteiger partial charge in [-0.1, -0.05) is 12.1 Å². The maximum Gasteiger partial charge on any atom is 0.344 e. The predicted molar refractivity (Wildman–Crippen MR) is 100 cm³/mol. The Morgan fingerprint density at radius 1 is 1.00 bits per heavy atom. The van der Waals surface area contributed by atoms with Crippen LogP contribution in [-0.2, 0) is 14.3 Å². The lowest BCUT2D eigenvalue weighted by atomic mass is 10.3. The normalized spacial score (nSPS) is 11.2. The maximum absolute atomic E-state index is 12.1. The van der Waals surface area contributed by atoms with Gasteiger partial charge in [0.1, 0.15) is 5.75 Å². The third-order valence-electron chi connectivity index (χ3n) is 3.53. The van der Waals surface area contributed by atoms with E-state index in [0.717, 1.165) is 0 Å². The molecule has 0 aliphatic rings. The van der Waals surface area contributed by atoms with Crippen molar-refractivity contribution in [3.05, 3.63) is 48.5 Å². The minimum atomic E-state index is -0.967. The summed E-state index contributed by atoms with van der Waals surface area (Å²) in [5.74, 6) is 0.559. The molecule has 2 aromatic carbocycles. The van der Waals surface area contributed by atoms with Crippen molar-refractivity contribution in [3.8, 4) is 17.2 Å². The number of methoxy groups -OCH3 is 1. The Bertz CT molecular complexity index is 759. The number of anilines is 1. The summed E-state index contributed by atoms with van der Waals surface area (Å²) in [6, 6.07) is 13.8. The van der Waals surface area contributed by atoms with Crippen LogP contribution in [-0.4, -0.2) is 38.3 Å². The number of carbonyl (C=O) groups excluding carboxylic acids is 2. The van der Waals surface area contributed by atoms with Crippen LogP contribution in [0.25, 0.3) is 0 Å². The zero-order valence-electron chi connectivity index (χ0n) is 15.6. The van der Waals surface area contributed by atoms with Crippen LogP contribution in [0, 0.1) is 0 Å². The zero-order valence-corrected chi connectivity index (χ0v) is 15.6. The number of ether oxygens (including phenoxy) is 4. The van der Waals surface area contributed by atoms with E-state index in [4.69, 9.17) is 18.9 Å². The van der Waals surface area contributed by atoms with E-state index in [9.17, 15) is 9.59 Å². The molecule has 1 N–H and O–H groups in total. The van der Waals surface area contributed by atoms with E-state index < -0.39 is 18.0 Å². The fraction of sp³-hybridized carbons (Fsp3) is 0.300. The molecule has 0 aliphatic carbocycles. The number of carbonyl (C=O) groups is 2. The van der Waals surface area contributed by atoms with Crippen LogP contribution in [0.4, 0.5) is 5.69 Å². The summed E-state index contributed by atoms with van der Waals surface area (Å²) >= 11 is 0. The van der Waals surface area contributed by atoms with Crippen LogP contribution in [0.3, 0.4) is 0 Å². The molecule has 0 aromatic heterocycles. The molecule has 7 nitrogen and oxygen atoms in total. The number of amides is 1. The maximum atomic E-state index is 12.1. The van der Waals surface area contributed by atoms with E-state index in [1.807, 2.05) is 13.0 Å². The number of esters is 1. The molecule has 0 bridgehead atoms. The highest BCUT2D eigenvalue weighted by atomic mass is 16.6. The lowest BCUT2D eigenvalue weighted by molar-refractivity contribution is -0.155. The molecule has 0 unspecified atom stereocenters. The second-order valence-corrected chi connectivity index (χ2v) is 5.52. The summed E-state index contributed by atoms with van der Waals surface area (Å²) in [5, 5.41) is 2.67. The van der Waals surface area contributed by atoms with E-state index in [1.54, 1.807) is 49.6 Å². The number of benzene rings is 2. The summed E-state index contributed by atoms with van der Waals surface area (Å²) < 4.78 is 21.0. The third kappa shape index (κ3) is 6.22. The first kappa shape index (κ1) is 20.1. The van der Waals surface area contributed by atoms with Gasteiger partial charge in [0.15, 0.2) is 24.2 Å². The Hall–Kier alpha value is -3.22. The first-order valence-electron chi connectivity index (χ1n) is 8.52. The van der Waals surface area contributed by atoms with Gasteiger partial charge < -0.3 is 24.3 Å². The molecule has 0 spiro atoms. The van der Waals surface area contributed by atoms with Crippen molar-refractivity contribution in [1.29, 1.82) is 0 Å². The second kappa shape index (κ2) is 10.1. The molecular formula is C20H23NO6. The molecule has 144 valence electrons. The Kier molecular flexibility index (Phi) is 7.49. The Balaban J connectivity index is 1.83. The molecule has 0 radical (unpaired) electrons. The van der Waals surface area contributed by atoms with Crippen molar-refractivity contribution in [3.63, 3.8) is 0 Å². The molecule has 1 atom stereocenters. The van der Waals surface area contributed by atoms with Crippen LogP contribution in [0.2, 0.25) is 0 Å². The summed E-state index contributed by atoms with van der Waals surface area (Å²) in [7, 11) is 1.56. The highest BCUT2D eigenvalue weighted by molar-refractivity contribution is 5.95. The average Bonchev–Trinajstić information content (AvgIpc) is 2.68. The quantitative estimate of drug-likeness (QED) is 0.680. The van der Waals surface area contributed by atoms with Crippen molar-refractivity contribution in [2.45, 2.75) is 20.0 Å². The fourth-order valence-corrected chi connectivity index (χ4v) is 2.18. The SMILES string of the molecule is CCOc1ccccc1OCC(=O)O[C@@H](C)C(=O)Nc1ccc(OC)cc1. The summed E-state index contributed by atoms with van der Waals surface area (Å²) in [6.07, 6.45) is -0.967. The Labute approximate surface area is 158 Å². The van der Waals surface area contributed by atoms with Crippen LogP contribution in [0.1, 0.15) is 13.8 Å². The topological polar surface area (TPSA) is 83.1 Å². The molecule has 0 aliphatic heterocycles. The molecule has 0 saturated carbocycles. The van der Waals surface area contributed by atoms with Gasteiger partial charge in [-0.05, 0) is 50.2 Å². The first-order chi connectivity index (χ1) is 13.0. The van der Waals surface area contributed by atoms with Crippen molar-refractivity contribution >= 4 is 17.6 Å². The van der Waals surface area contributed by atoms with E-state index in [-0.39, 0.29) is 6.61 Å². The predicted octanol–water partition coefficient (Wildman–Crippen LogP) is 3.04. The van der Waals surface area contributed by atoms with Gasteiger partial charge in [-0.25, -0.2) is 4.79 Å². The van der Waals surface area contributed by atoms with Crippen molar-refractivity contribution in [1.82, 2.24) is 0 Å². The number of nitrogens with one attached hydrogen (secondary N) is 1. The van der Waals surface area contributed by atoms with E-state index in [1.165, 1.54) is 6.92 Å². The lowest BCUT2D eigenvalue weighted by Crippen LogP contribution is -2.31. The minimum Gasteiger partial charge on any atom is -0.497 e. The molecule has 0 fully saturated rings. The van der Waals surface area contributed by atoms with Crippen LogP contribution >= 0.6 is 0 Å². The number of rotatable bonds is 9. The second-order valence-electron chi connectivity index (χ2n) is 5.52. The van der Waals surface area contributed by atoms with Crippen molar-refractivity contribution in [2.24, 2.45) is 0 Å². The summed E-state index contributed by atoms with van der Waals surface area (Å²) in [6.45, 7) is 3.50. The van der Waals surface area contributed by atoms with Gasteiger partial charge in [-0.15, -0.1) is 0 Å². The van der Waals surface area contributed by atoms with Crippen LogP contribution < -0.4 is 19.5 Å². The van der Waals surface area contributed by atoms with Gasteiger partial charge in [0.2, 0.25) is 0 Å². The van der Waals surface area contributed by atoms with Crippen LogP contribution in [0.5, 0.6) is 17.2 Å². The molecule has 2 aromatic rings. The third-order valence-corrected chi connectivity index (χ3v) is 3.53. The molecule has 2 rings (SSSR count). The van der Waals surface area contributed by atoms with E-state index >= 15 is 0 Å². The molecule has 7 heteroatoms. The lowest BCUT2D eigenvalue weighted by Gasteiger charge is -2.15. The van der Waals surface area contributed by atoms with Gasteiger partial charge in [-0.3, -0.25) is 4.79 Å². The van der Waals surface area contributed by atoms with Crippen LogP contribution in [0.15, 0.2) is 48.5 Å². The monoisotopic (exact) mass is 373 g/mol. The standard InChI is InChI=1S/C20H23NO6/c1-4-25-17-7-5-6-8-18(17)26-13-19(22)27-14(2)20(23)21-15-9-11-16(24-3)12-10-15/h5-12,14H,4,13H2,1-3H3,(H,21,23)/t14-/m0/s1. The molecular weight excluding hydrogens is 350 g/mol. The molecule has 0 saturated heterocycles. The number of para-hydroxylation sites is 2. The highest BCUT2D eigenvalue weighted by Gasteiger charge is 2.19. The molecule has 27 heavy (non-hydrogen) atoms. The smallest absolute Gasteiger partial charge is 0.344 e. The van der Waals surface area contributed by atoms with E-state index in [2.05, 4.69) is 5.32 Å². The van der Waals surface area contributed by atoms with Gasteiger partial charge in [0, 0.05) is 5.69 Å². The highest BCUT2D eigenvalue weighted by Crippen LogP contribution is 2.26. The van der Waals surface area contributed by atoms with Gasteiger partial charge in [0.05, 0.1) is 13.7 Å². The largest absolute Gasteiger partial charge is 0.497 e. The Morgan fingerprint density at radius 2 is 1.63 bits per heavy atom. The first-order valence-corrected chi connectivity index (χ1v) is 8.52. The minimum absolute atomic E-state index is 0.329. The molecule has 0 heterocycles. The molecule has 1 amide bonds. The van der Waals surface area contributed by atoms with Gasteiger partial charge >= 0.3 is 5.97 Å². The van der Waals surface area contributed by atoms with E-state index in [0.29, 0.717) is 29.5 Å². The fourth-order valence-electron chi connectivity index (χ4n) is 2.18. The number of hydrogen-bond donors (Lipinski definition) is 1. The summed E-state index contributed by atoms with van der Waals surface area (Å²) in [5.41, 5.74) is 0.575. The average molecular weight is 373 g/mol. The number of hydrogen-bond acceptors (Lipinski definition) is 6.